The van der Waals surface area contributed by atoms with E-state index in [9.17, 15) is 9.59 Å². The third-order valence-corrected chi connectivity index (χ3v) is 5.08. The van der Waals surface area contributed by atoms with Crippen molar-refractivity contribution in [3.05, 3.63) is 59.7 Å². The van der Waals surface area contributed by atoms with Gasteiger partial charge in [0.1, 0.15) is 12.3 Å². The monoisotopic (exact) mass is 366 g/mol. The van der Waals surface area contributed by atoms with Gasteiger partial charge < -0.3 is 14.5 Å². The molecule has 1 aliphatic heterocycles. The zero-order valence-electron chi connectivity index (χ0n) is 16.1. The van der Waals surface area contributed by atoms with Gasteiger partial charge in [-0.15, -0.1) is 0 Å². The minimum Gasteiger partial charge on any atom is -0.497 e. The van der Waals surface area contributed by atoms with E-state index in [1.807, 2.05) is 54.3 Å². The maximum Gasteiger partial charge on any atom is 0.246 e. The highest BCUT2D eigenvalue weighted by molar-refractivity contribution is 5.98. The first-order valence-corrected chi connectivity index (χ1v) is 9.28. The number of carbonyl (C=O) groups is 2. The fourth-order valence-electron chi connectivity index (χ4n) is 3.59. The fourth-order valence-corrected chi connectivity index (χ4v) is 3.59. The van der Waals surface area contributed by atoms with Gasteiger partial charge in [0.05, 0.1) is 7.11 Å². The molecular formula is C22H26N2O3. The molecule has 0 spiro atoms. The summed E-state index contributed by atoms with van der Waals surface area (Å²) in [5.74, 6) is 0.688. The molecule has 2 aromatic rings. The molecule has 0 N–H and O–H groups in total. The highest BCUT2D eigenvalue weighted by Gasteiger charge is 2.31. The van der Waals surface area contributed by atoms with Crippen LogP contribution in [0, 0.1) is 0 Å². The largest absolute Gasteiger partial charge is 0.497 e. The number of carbonyl (C=O) groups excluding carboxylic acids is 2. The van der Waals surface area contributed by atoms with Crippen LogP contribution in [0.3, 0.4) is 0 Å². The van der Waals surface area contributed by atoms with Crippen LogP contribution >= 0.6 is 0 Å². The Morgan fingerprint density at radius 1 is 1.15 bits per heavy atom. The summed E-state index contributed by atoms with van der Waals surface area (Å²) in [5, 5.41) is 0. The van der Waals surface area contributed by atoms with Gasteiger partial charge in [0.25, 0.3) is 0 Å². The quantitative estimate of drug-likeness (QED) is 0.789. The normalized spacial score (nSPS) is 15.4. The number of fused-ring (bicyclic) bond motifs is 1. The summed E-state index contributed by atoms with van der Waals surface area (Å²) in [7, 11) is 1.63. The number of ether oxygens (including phenoxy) is 1. The summed E-state index contributed by atoms with van der Waals surface area (Å²) in [6.07, 6.45) is 1.55. The summed E-state index contributed by atoms with van der Waals surface area (Å²) in [4.78, 5) is 28.5. The van der Waals surface area contributed by atoms with E-state index >= 15 is 0 Å². The molecule has 2 amide bonds. The number of methoxy groups -OCH3 is 1. The zero-order chi connectivity index (χ0) is 19.4. The Morgan fingerprint density at radius 3 is 2.52 bits per heavy atom. The highest BCUT2D eigenvalue weighted by atomic mass is 16.5. The lowest BCUT2D eigenvalue weighted by Crippen LogP contribution is -2.45. The maximum absolute atomic E-state index is 12.9. The van der Waals surface area contributed by atoms with Gasteiger partial charge in [-0.1, -0.05) is 30.3 Å². The van der Waals surface area contributed by atoms with Crippen molar-refractivity contribution < 1.29 is 14.3 Å². The summed E-state index contributed by atoms with van der Waals surface area (Å²) < 4.78 is 5.17. The van der Waals surface area contributed by atoms with Crippen LogP contribution in [0.5, 0.6) is 5.75 Å². The van der Waals surface area contributed by atoms with E-state index in [1.165, 1.54) is 12.5 Å². The van der Waals surface area contributed by atoms with E-state index in [-0.39, 0.29) is 24.4 Å². The van der Waals surface area contributed by atoms with Crippen molar-refractivity contribution in [2.75, 3.05) is 25.1 Å². The molecule has 1 atom stereocenters. The molecule has 0 saturated heterocycles. The molecule has 5 nitrogen and oxygen atoms in total. The number of para-hydroxylation sites is 1. The van der Waals surface area contributed by atoms with Crippen LogP contribution in [0.1, 0.15) is 25.0 Å². The molecule has 1 unspecified atom stereocenters. The second kappa shape index (κ2) is 8.25. The third-order valence-electron chi connectivity index (χ3n) is 5.08. The minimum absolute atomic E-state index is 0.0302. The molecule has 3 rings (SSSR count). The summed E-state index contributed by atoms with van der Waals surface area (Å²) >= 11 is 0. The first-order chi connectivity index (χ1) is 13.0. The SMILES string of the molecule is COc1ccc(CCN(CC(=O)N2c3ccccc3CC2C)C(C)=O)cc1. The highest BCUT2D eigenvalue weighted by Crippen LogP contribution is 2.31. The molecular weight excluding hydrogens is 340 g/mol. The number of anilines is 1. The Hall–Kier alpha value is -2.82. The van der Waals surface area contributed by atoms with E-state index < -0.39 is 0 Å². The van der Waals surface area contributed by atoms with Gasteiger partial charge in [0.15, 0.2) is 0 Å². The number of hydrogen-bond acceptors (Lipinski definition) is 3. The van der Waals surface area contributed by atoms with Crippen LogP contribution in [-0.2, 0) is 22.4 Å². The molecule has 27 heavy (non-hydrogen) atoms. The number of rotatable bonds is 6. The smallest absolute Gasteiger partial charge is 0.246 e. The number of amides is 2. The van der Waals surface area contributed by atoms with Crippen LogP contribution < -0.4 is 9.64 Å². The van der Waals surface area contributed by atoms with Crippen molar-refractivity contribution in [2.45, 2.75) is 32.7 Å². The van der Waals surface area contributed by atoms with Gasteiger partial charge in [-0.25, -0.2) is 0 Å². The second-order valence-corrected chi connectivity index (χ2v) is 6.98. The standard InChI is InChI=1S/C22H26N2O3/c1-16-14-19-6-4-5-7-21(19)24(16)22(26)15-23(17(2)25)13-12-18-8-10-20(27-3)11-9-18/h4-11,16H,12-15H2,1-3H3. The lowest BCUT2D eigenvalue weighted by atomic mass is 10.1. The van der Waals surface area contributed by atoms with Crippen LogP contribution in [0.15, 0.2) is 48.5 Å². The summed E-state index contributed by atoms with van der Waals surface area (Å²) in [6, 6.07) is 15.9. The van der Waals surface area contributed by atoms with Gasteiger partial charge in [0.2, 0.25) is 11.8 Å². The molecule has 1 aliphatic rings. The first-order valence-electron chi connectivity index (χ1n) is 9.28. The molecule has 0 bridgehead atoms. The lowest BCUT2D eigenvalue weighted by Gasteiger charge is -2.27. The zero-order valence-corrected chi connectivity index (χ0v) is 16.1. The lowest BCUT2D eigenvalue weighted by molar-refractivity contribution is -0.133. The van der Waals surface area contributed by atoms with Gasteiger partial charge >= 0.3 is 0 Å². The molecule has 2 aromatic carbocycles. The summed E-state index contributed by atoms with van der Waals surface area (Å²) in [5.41, 5.74) is 3.26. The molecule has 0 aromatic heterocycles. The Morgan fingerprint density at radius 2 is 1.85 bits per heavy atom. The van der Waals surface area contributed by atoms with Gasteiger partial charge in [-0.2, -0.15) is 0 Å². The predicted octanol–water partition coefficient (Wildman–Crippen LogP) is 3.06. The average Bonchev–Trinajstić information content (AvgIpc) is 3.01. The van der Waals surface area contributed by atoms with Crippen molar-refractivity contribution >= 4 is 17.5 Å². The maximum atomic E-state index is 12.9. The number of benzene rings is 2. The topological polar surface area (TPSA) is 49.9 Å². The van der Waals surface area contributed by atoms with Crippen molar-refractivity contribution in [1.29, 1.82) is 0 Å². The van der Waals surface area contributed by atoms with Gasteiger partial charge in [-0.05, 0) is 49.1 Å². The predicted molar refractivity (Wildman–Crippen MR) is 106 cm³/mol. The molecule has 142 valence electrons. The molecule has 1 heterocycles. The molecule has 0 radical (unpaired) electrons. The third kappa shape index (κ3) is 4.30. The van der Waals surface area contributed by atoms with E-state index in [4.69, 9.17) is 4.74 Å². The van der Waals surface area contributed by atoms with Crippen molar-refractivity contribution in [2.24, 2.45) is 0 Å². The Bertz CT molecular complexity index is 817. The molecule has 5 heteroatoms. The minimum atomic E-state index is -0.0861. The van der Waals surface area contributed by atoms with Crippen LogP contribution in [-0.4, -0.2) is 43.0 Å². The van der Waals surface area contributed by atoms with Crippen molar-refractivity contribution in [1.82, 2.24) is 4.90 Å². The summed E-state index contributed by atoms with van der Waals surface area (Å²) in [6.45, 7) is 4.18. The Kier molecular flexibility index (Phi) is 5.79. The Labute approximate surface area is 160 Å². The van der Waals surface area contributed by atoms with E-state index in [0.29, 0.717) is 13.0 Å². The fraction of sp³-hybridized carbons (Fsp3) is 0.364. The second-order valence-electron chi connectivity index (χ2n) is 6.98. The van der Waals surface area contributed by atoms with E-state index in [0.717, 1.165) is 23.4 Å². The van der Waals surface area contributed by atoms with Crippen molar-refractivity contribution in [3.8, 4) is 5.75 Å². The van der Waals surface area contributed by atoms with E-state index in [1.54, 1.807) is 12.0 Å². The number of nitrogens with zero attached hydrogens (tertiary/aromatic N) is 2. The van der Waals surface area contributed by atoms with Crippen LogP contribution in [0.2, 0.25) is 0 Å². The first kappa shape index (κ1) is 19.0. The van der Waals surface area contributed by atoms with Gasteiger partial charge in [-0.3, -0.25) is 9.59 Å². The van der Waals surface area contributed by atoms with Crippen LogP contribution in [0.4, 0.5) is 5.69 Å². The Balaban J connectivity index is 1.65. The molecule has 0 fully saturated rings. The van der Waals surface area contributed by atoms with Crippen molar-refractivity contribution in [3.63, 3.8) is 0 Å². The number of hydrogen-bond donors (Lipinski definition) is 0. The molecule has 0 aliphatic carbocycles. The van der Waals surface area contributed by atoms with Crippen LogP contribution in [0.25, 0.3) is 0 Å². The van der Waals surface area contributed by atoms with Gasteiger partial charge in [0, 0.05) is 25.2 Å². The molecule has 0 saturated carbocycles. The average molecular weight is 366 g/mol. The van der Waals surface area contributed by atoms with E-state index in [2.05, 4.69) is 6.07 Å².